The van der Waals surface area contributed by atoms with E-state index in [1.165, 1.54) is 12.4 Å². The summed E-state index contributed by atoms with van der Waals surface area (Å²) in [6, 6.07) is 7.47. The summed E-state index contributed by atoms with van der Waals surface area (Å²) < 4.78 is 6.42. The highest BCUT2D eigenvalue weighted by atomic mass is 16.5. The number of carbonyl (C=O) groups is 3. The number of ether oxygens (including phenoxy) is 1. The van der Waals surface area contributed by atoms with E-state index in [1.807, 2.05) is 20.8 Å². The number of amides is 4. The number of nitrogens with one attached hydrogen (secondary N) is 2. The maximum absolute atomic E-state index is 13.5. The fourth-order valence-electron chi connectivity index (χ4n) is 3.97. The standard InChI is InChI=1S/C26H35N5O5/c1-16(2)28-26(35)30(5)14-22-17(3)13-31(18(4)15-32)25(34)20-7-6-8-21(23(20)36-22)29-24(33)19-9-11-27-12-10-19/h6-12,16-18,22,32H,13-15H2,1-5H3,(H,28,35)(H,29,33)/t17-,18+,22-/m1/s1. The lowest BCUT2D eigenvalue weighted by Crippen LogP contribution is -2.51. The van der Waals surface area contributed by atoms with E-state index in [4.69, 9.17) is 4.74 Å². The molecule has 0 bridgehead atoms. The van der Waals surface area contributed by atoms with Crippen molar-refractivity contribution in [2.75, 3.05) is 32.1 Å². The second-order valence-electron chi connectivity index (χ2n) is 9.48. The van der Waals surface area contributed by atoms with Gasteiger partial charge in [0.25, 0.3) is 11.8 Å². The highest BCUT2D eigenvalue weighted by Gasteiger charge is 2.35. The predicted molar refractivity (Wildman–Crippen MR) is 136 cm³/mol. The Morgan fingerprint density at radius 3 is 2.56 bits per heavy atom. The third kappa shape index (κ3) is 6.31. The van der Waals surface area contributed by atoms with E-state index in [2.05, 4.69) is 15.6 Å². The van der Waals surface area contributed by atoms with E-state index in [1.54, 1.807) is 54.1 Å². The summed E-state index contributed by atoms with van der Waals surface area (Å²) >= 11 is 0. The lowest BCUT2D eigenvalue weighted by atomic mass is 9.99. The Morgan fingerprint density at radius 1 is 1.22 bits per heavy atom. The van der Waals surface area contributed by atoms with Gasteiger partial charge in [0.05, 0.1) is 30.4 Å². The van der Waals surface area contributed by atoms with Gasteiger partial charge in [-0.3, -0.25) is 14.6 Å². The fourth-order valence-corrected chi connectivity index (χ4v) is 3.97. The maximum Gasteiger partial charge on any atom is 0.317 e. The van der Waals surface area contributed by atoms with Crippen LogP contribution in [0.25, 0.3) is 0 Å². The molecule has 0 saturated carbocycles. The van der Waals surface area contributed by atoms with Gasteiger partial charge in [0.1, 0.15) is 6.10 Å². The Balaban J connectivity index is 2.00. The number of pyridine rings is 1. The molecule has 36 heavy (non-hydrogen) atoms. The number of aliphatic hydroxyl groups is 1. The van der Waals surface area contributed by atoms with Crippen LogP contribution in [0.3, 0.4) is 0 Å². The molecule has 0 saturated heterocycles. The molecule has 3 rings (SSSR count). The first-order valence-electron chi connectivity index (χ1n) is 12.1. The summed E-state index contributed by atoms with van der Waals surface area (Å²) in [5, 5.41) is 15.5. The van der Waals surface area contributed by atoms with Crippen molar-refractivity contribution >= 4 is 23.5 Å². The number of hydrogen-bond donors (Lipinski definition) is 3. The van der Waals surface area contributed by atoms with Crippen LogP contribution in [-0.4, -0.2) is 82.7 Å². The number of hydrogen-bond acceptors (Lipinski definition) is 6. The molecule has 3 N–H and O–H groups in total. The van der Waals surface area contributed by atoms with Crippen molar-refractivity contribution in [1.29, 1.82) is 0 Å². The lowest BCUT2D eigenvalue weighted by molar-refractivity contribution is 0.0368. The van der Waals surface area contributed by atoms with Crippen LogP contribution >= 0.6 is 0 Å². The zero-order valence-electron chi connectivity index (χ0n) is 21.4. The molecule has 1 aromatic carbocycles. The number of fused-ring (bicyclic) bond motifs is 1. The molecule has 10 heteroatoms. The largest absolute Gasteiger partial charge is 0.485 e. The molecule has 2 heterocycles. The number of nitrogens with zero attached hydrogens (tertiary/aromatic N) is 3. The van der Waals surface area contributed by atoms with Crippen molar-refractivity contribution in [3.63, 3.8) is 0 Å². The molecular formula is C26H35N5O5. The van der Waals surface area contributed by atoms with Crippen molar-refractivity contribution < 1.29 is 24.2 Å². The number of benzene rings is 1. The third-order valence-electron chi connectivity index (χ3n) is 6.09. The summed E-state index contributed by atoms with van der Waals surface area (Å²) in [4.78, 5) is 46.1. The Bertz CT molecular complexity index is 1080. The third-order valence-corrected chi connectivity index (χ3v) is 6.09. The second kappa shape index (κ2) is 11.9. The van der Waals surface area contributed by atoms with Crippen molar-refractivity contribution in [3.8, 4) is 5.75 Å². The minimum Gasteiger partial charge on any atom is -0.485 e. The number of likely N-dealkylation sites (N-methyl/N-ethyl adjacent to an activating group) is 1. The van der Waals surface area contributed by atoms with Gasteiger partial charge < -0.3 is 30.3 Å². The summed E-state index contributed by atoms with van der Waals surface area (Å²) in [7, 11) is 1.68. The first-order chi connectivity index (χ1) is 17.1. The van der Waals surface area contributed by atoms with Crippen molar-refractivity contribution in [1.82, 2.24) is 20.1 Å². The van der Waals surface area contributed by atoms with E-state index in [-0.39, 0.29) is 54.3 Å². The molecule has 1 aliphatic rings. The van der Waals surface area contributed by atoms with Gasteiger partial charge >= 0.3 is 6.03 Å². The topological polar surface area (TPSA) is 124 Å². The molecule has 0 radical (unpaired) electrons. The van der Waals surface area contributed by atoms with Gasteiger partial charge in [-0.05, 0) is 45.0 Å². The van der Waals surface area contributed by atoms with Gasteiger partial charge in [-0.15, -0.1) is 0 Å². The van der Waals surface area contributed by atoms with Crippen LogP contribution in [0.1, 0.15) is 48.4 Å². The molecule has 1 aromatic heterocycles. The smallest absolute Gasteiger partial charge is 0.317 e. The van der Waals surface area contributed by atoms with Crippen LogP contribution in [-0.2, 0) is 0 Å². The van der Waals surface area contributed by atoms with Crippen molar-refractivity contribution in [2.24, 2.45) is 5.92 Å². The summed E-state index contributed by atoms with van der Waals surface area (Å²) in [6.07, 6.45) is 2.55. The number of rotatable bonds is 7. The molecule has 0 fully saturated rings. The van der Waals surface area contributed by atoms with Crippen molar-refractivity contribution in [3.05, 3.63) is 53.9 Å². The van der Waals surface area contributed by atoms with Gasteiger partial charge in [0, 0.05) is 43.5 Å². The highest BCUT2D eigenvalue weighted by molar-refractivity contribution is 6.07. The molecule has 1 aliphatic heterocycles. The number of urea groups is 1. The van der Waals surface area contributed by atoms with Gasteiger partial charge in [0.15, 0.2) is 5.75 Å². The summed E-state index contributed by atoms with van der Waals surface area (Å²) in [6.45, 7) is 7.86. The highest BCUT2D eigenvalue weighted by Crippen LogP contribution is 2.35. The number of carbonyl (C=O) groups excluding carboxylic acids is 3. The molecule has 4 amide bonds. The number of para-hydroxylation sites is 1. The first kappa shape index (κ1) is 26.9. The maximum atomic E-state index is 13.5. The van der Waals surface area contributed by atoms with Gasteiger partial charge in [-0.25, -0.2) is 4.79 Å². The predicted octanol–water partition coefficient (Wildman–Crippen LogP) is 2.60. The monoisotopic (exact) mass is 497 g/mol. The summed E-state index contributed by atoms with van der Waals surface area (Å²) in [5.74, 6) is -0.631. The lowest BCUT2D eigenvalue weighted by Gasteiger charge is -2.38. The Kier molecular flexibility index (Phi) is 8.87. The average Bonchev–Trinajstić information content (AvgIpc) is 2.86. The number of anilines is 1. The second-order valence-corrected chi connectivity index (χ2v) is 9.48. The van der Waals surface area contributed by atoms with Crippen molar-refractivity contribution in [2.45, 2.75) is 45.9 Å². The fraction of sp³-hybridized carbons (Fsp3) is 0.462. The zero-order valence-corrected chi connectivity index (χ0v) is 21.4. The Labute approximate surface area is 211 Å². The van der Waals surface area contributed by atoms with E-state index >= 15 is 0 Å². The minimum atomic E-state index is -0.493. The molecule has 10 nitrogen and oxygen atoms in total. The molecule has 2 aromatic rings. The average molecular weight is 498 g/mol. The van der Waals surface area contributed by atoms with Crippen LogP contribution in [0.2, 0.25) is 0 Å². The zero-order chi connectivity index (χ0) is 26.4. The number of aromatic nitrogens is 1. The molecule has 0 aliphatic carbocycles. The molecule has 0 unspecified atom stereocenters. The van der Waals surface area contributed by atoms with Crippen LogP contribution in [0.5, 0.6) is 5.75 Å². The van der Waals surface area contributed by atoms with Crippen LogP contribution < -0.4 is 15.4 Å². The molecule has 194 valence electrons. The normalized spacial score (nSPS) is 18.4. The van der Waals surface area contributed by atoms with Gasteiger partial charge in [0.2, 0.25) is 0 Å². The van der Waals surface area contributed by atoms with Gasteiger partial charge in [-0.2, -0.15) is 0 Å². The Morgan fingerprint density at radius 2 is 1.92 bits per heavy atom. The van der Waals surface area contributed by atoms with Crippen LogP contribution in [0, 0.1) is 5.92 Å². The van der Waals surface area contributed by atoms with E-state index in [0.717, 1.165) is 0 Å². The summed E-state index contributed by atoms with van der Waals surface area (Å²) in [5.41, 5.74) is 1.02. The SMILES string of the molecule is CC(C)NC(=O)N(C)C[C@H]1Oc2c(NC(=O)c3ccncc3)cccc2C(=O)N([C@@H](C)CO)C[C@H]1C. The Hall–Kier alpha value is -3.66. The van der Waals surface area contributed by atoms with Crippen LogP contribution in [0.15, 0.2) is 42.7 Å². The molecular weight excluding hydrogens is 462 g/mol. The minimum absolute atomic E-state index is 0.0233. The number of aliphatic hydroxyl groups excluding tert-OH is 1. The molecule has 0 spiro atoms. The van der Waals surface area contributed by atoms with E-state index < -0.39 is 12.1 Å². The first-order valence-corrected chi connectivity index (χ1v) is 12.1. The van der Waals surface area contributed by atoms with E-state index in [0.29, 0.717) is 17.8 Å². The van der Waals surface area contributed by atoms with Crippen LogP contribution in [0.4, 0.5) is 10.5 Å². The van der Waals surface area contributed by atoms with E-state index in [9.17, 15) is 19.5 Å². The molecule has 3 atom stereocenters. The quantitative estimate of drug-likeness (QED) is 0.540. The van der Waals surface area contributed by atoms with Gasteiger partial charge in [-0.1, -0.05) is 13.0 Å².